The van der Waals surface area contributed by atoms with Crippen LogP contribution in [0.25, 0.3) is 0 Å². The first-order valence-electron chi connectivity index (χ1n) is 5.64. The van der Waals surface area contributed by atoms with Crippen LogP contribution in [0.2, 0.25) is 0 Å². The summed E-state index contributed by atoms with van der Waals surface area (Å²) in [4.78, 5) is 16.3. The van der Waals surface area contributed by atoms with Gasteiger partial charge in [-0.05, 0) is 13.0 Å². The van der Waals surface area contributed by atoms with Gasteiger partial charge in [-0.2, -0.15) is 13.2 Å². The van der Waals surface area contributed by atoms with Crippen LogP contribution < -0.4 is 0 Å². The molecule has 2 rings (SSSR count). The molecule has 0 atom stereocenters. The predicted molar refractivity (Wildman–Crippen MR) is 61.1 cm³/mol. The number of hydrogen-bond donors (Lipinski definition) is 0. The Hall–Kier alpha value is -1.59. The van der Waals surface area contributed by atoms with Crippen molar-refractivity contribution in [2.75, 3.05) is 7.05 Å². The lowest BCUT2D eigenvalue weighted by Crippen LogP contribution is -2.17. The van der Waals surface area contributed by atoms with Crippen molar-refractivity contribution in [3.8, 4) is 0 Å². The molecular weight excluding hydrogens is 245 g/mol. The van der Waals surface area contributed by atoms with Gasteiger partial charge in [-0.1, -0.05) is 13.8 Å². The highest BCUT2D eigenvalue weighted by molar-refractivity contribution is 5.98. The van der Waals surface area contributed by atoms with Gasteiger partial charge >= 0.3 is 6.18 Å². The van der Waals surface area contributed by atoms with Gasteiger partial charge in [-0.3, -0.25) is 4.79 Å². The van der Waals surface area contributed by atoms with Gasteiger partial charge in [0.1, 0.15) is 5.69 Å². The number of nitrogens with zero attached hydrogens (tertiary/aromatic N) is 2. The van der Waals surface area contributed by atoms with E-state index in [1.165, 1.54) is 24.9 Å². The molecule has 0 fully saturated rings. The molecule has 0 bridgehead atoms. The van der Waals surface area contributed by atoms with Gasteiger partial charge in [0.25, 0.3) is 5.91 Å². The number of halogens is 3. The van der Waals surface area contributed by atoms with Gasteiger partial charge in [0, 0.05) is 30.4 Å². The van der Waals surface area contributed by atoms with Crippen LogP contribution in [-0.2, 0) is 12.7 Å². The minimum Gasteiger partial charge on any atom is -0.337 e. The molecule has 0 unspecified atom stereocenters. The minimum absolute atomic E-state index is 0.0226. The molecule has 0 aliphatic carbocycles. The number of rotatable bonds is 0. The van der Waals surface area contributed by atoms with E-state index in [0.717, 1.165) is 0 Å². The molecular formula is C12H15F3N2O. The maximum atomic E-state index is 12.7. The fourth-order valence-corrected chi connectivity index (χ4v) is 1.80. The van der Waals surface area contributed by atoms with Crippen LogP contribution in [0.15, 0.2) is 6.07 Å². The lowest BCUT2D eigenvalue weighted by atomic mass is 10.1. The van der Waals surface area contributed by atoms with Gasteiger partial charge in [0.15, 0.2) is 0 Å². The van der Waals surface area contributed by atoms with E-state index in [1.807, 2.05) is 13.8 Å². The van der Waals surface area contributed by atoms with E-state index in [1.54, 1.807) is 0 Å². The molecule has 6 heteroatoms. The van der Waals surface area contributed by atoms with Crippen molar-refractivity contribution in [3.63, 3.8) is 0 Å². The molecule has 0 aromatic carbocycles. The molecule has 2 heterocycles. The first kappa shape index (κ1) is 14.5. The number of aryl methyl sites for hydroxylation is 1. The molecule has 0 radical (unpaired) electrons. The third kappa shape index (κ3) is 2.47. The maximum absolute atomic E-state index is 12.7. The highest BCUT2D eigenvalue weighted by Crippen LogP contribution is 2.35. The predicted octanol–water partition coefficient (Wildman–Crippen LogP) is 3.02. The molecule has 1 aliphatic rings. The van der Waals surface area contributed by atoms with Crippen LogP contribution in [0.5, 0.6) is 0 Å². The SMILES string of the molecule is CC.Cc1cc2c(c(C(F)(F)F)n1)CN(C)C2=O. The summed E-state index contributed by atoms with van der Waals surface area (Å²) in [7, 11) is 1.47. The summed E-state index contributed by atoms with van der Waals surface area (Å²) < 4.78 is 38.1. The summed E-state index contributed by atoms with van der Waals surface area (Å²) >= 11 is 0. The smallest absolute Gasteiger partial charge is 0.337 e. The lowest BCUT2D eigenvalue weighted by Gasteiger charge is -2.10. The van der Waals surface area contributed by atoms with Crippen LogP contribution in [0, 0.1) is 6.92 Å². The summed E-state index contributed by atoms with van der Waals surface area (Å²) in [5, 5.41) is 0. The lowest BCUT2D eigenvalue weighted by molar-refractivity contribution is -0.142. The van der Waals surface area contributed by atoms with Crippen molar-refractivity contribution < 1.29 is 18.0 Å². The zero-order valence-corrected chi connectivity index (χ0v) is 10.7. The fraction of sp³-hybridized carbons (Fsp3) is 0.500. The van der Waals surface area contributed by atoms with Crippen molar-refractivity contribution in [2.45, 2.75) is 33.5 Å². The highest BCUT2D eigenvalue weighted by atomic mass is 19.4. The number of fused-ring (bicyclic) bond motifs is 1. The molecule has 1 aromatic rings. The molecule has 1 amide bonds. The van der Waals surface area contributed by atoms with E-state index < -0.39 is 11.9 Å². The number of amides is 1. The standard InChI is InChI=1S/C10H9F3N2O.C2H6/c1-5-3-6-7(4-15(2)9(6)16)8(14-5)10(11,12)13;1-2/h3H,4H2,1-2H3;1-2H3. The van der Waals surface area contributed by atoms with E-state index >= 15 is 0 Å². The van der Waals surface area contributed by atoms with Crippen LogP contribution in [-0.4, -0.2) is 22.8 Å². The average Bonchev–Trinajstić information content (AvgIpc) is 2.57. The monoisotopic (exact) mass is 260 g/mol. The summed E-state index contributed by atoms with van der Waals surface area (Å²) in [6, 6.07) is 1.40. The van der Waals surface area contributed by atoms with Crippen molar-refractivity contribution in [1.82, 2.24) is 9.88 Å². The number of aromatic nitrogens is 1. The molecule has 0 saturated carbocycles. The molecule has 0 N–H and O–H groups in total. The number of hydrogen-bond acceptors (Lipinski definition) is 2. The van der Waals surface area contributed by atoms with Gasteiger partial charge < -0.3 is 4.90 Å². The normalized spacial score (nSPS) is 14.2. The van der Waals surface area contributed by atoms with E-state index in [-0.39, 0.29) is 29.3 Å². The van der Waals surface area contributed by atoms with Crippen molar-refractivity contribution in [3.05, 3.63) is 28.6 Å². The van der Waals surface area contributed by atoms with E-state index in [9.17, 15) is 18.0 Å². The Labute approximate surface area is 104 Å². The zero-order chi connectivity index (χ0) is 14.1. The van der Waals surface area contributed by atoms with Crippen molar-refractivity contribution >= 4 is 5.91 Å². The van der Waals surface area contributed by atoms with E-state index in [4.69, 9.17) is 0 Å². The average molecular weight is 260 g/mol. The van der Waals surface area contributed by atoms with Gasteiger partial charge in [0.05, 0.1) is 0 Å². The summed E-state index contributed by atoms with van der Waals surface area (Å²) in [6.45, 7) is 5.41. The van der Waals surface area contributed by atoms with Crippen LogP contribution in [0.1, 0.15) is 41.2 Å². The summed E-state index contributed by atoms with van der Waals surface area (Å²) in [6.07, 6.45) is -4.51. The third-order valence-electron chi connectivity index (χ3n) is 2.49. The fourth-order valence-electron chi connectivity index (χ4n) is 1.80. The van der Waals surface area contributed by atoms with E-state index in [0.29, 0.717) is 0 Å². The molecule has 18 heavy (non-hydrogen) atoms. The first-order valence-corrected chi connectivity index (χ1v) is 5.64. The summed E-state index contributed by atoms with van der Waals surface area (Å²) in [5.41, 5.74) is -0.650. The molecule has 3 nitrogen and oxygen atoms in total. The zero-order valence-electron chi connectivity index (χ0n) is 10.7. The number of carbonyl (C=O) groups excluding carboxylic acids is 1. The van der Waals surface area contributed by atoms with Gasteiger partial charge in [0.2, 0.25) is 0 Å². The summed E-state index contributed by atoms with van der Waals surface area (Å²) in [5.74, 6) is -0.383. The minimum atomic E-state index is -4.51. The molecule has 0 spiro atoms. The Morgan fingerprint density at radius 2 is 1.89 bits per heavy atom. The van der Waals surface area contributed by atoms with Crippen LogP contribution in [0.4, 0.5) is 13.2 Å². The van der Waals surface area contributed by atoms with Crippen molar-refractivity contribution in [1.29, 1.82) is 0 Å². The quantitative estimate of drug-likeness (QED) is 0.718. The van der Waals surface area contributed by atoms with Crippen molar-refractivity contribution in [2.24, 2.45) is 0 Å². The van der Waals surface area contributed by atoms with Gasteiger partial charge in [-0.15, -0.1) is 0 Å². The molecule has 0 saturated heterocycles. The van der Waals surface area contributed by atoms with Crippen LogP contribution >= 0.6 is 0 Å². The number of carbonyl (C=O) groups is 1. The van der Waals surface area contributed by atoms with Crippen LogP contribution in [0.3, 0.4) is 0 Å². The Morgan fingerprint density at radius 3 is 2.39 bits per heavy atom. The second-order valence-corrected chi connectivity index (χ2v) is 3.80. The third-order valence-corrected chi connectivity index (χ3v) is 2.49. The van der Waals surface area contributed by atoms with E-state index in [2.05, 4.69) is 4.98 Å². The Balaban J connectivity index is 0.000000771. The molecule has 100 valence electrons. The number of pyridine rings is 1. The second kappa shape index (κ2) is 4.96. The Morgan fingerprint density at radius 1 is 1.33 bits per heavy atom. The van der Waals surface area contributed by atoms with Gasteiger partial charge in [-0.25, -0.2) is 4.98 Å². The molecule has 1 aromatic heterocycles. The topological polar surface area (TPSA) is 33.2 Å². The second-order valence-electron chi connectivity index (χ2n) is 3.80. The Kier molecular flexibility index (Phi) is 3.98. The number of alkyl halides is 3. The largest absolute Gasteiger partial charge is 0.433 e. The molecule has 1 aliphatic heterocycles. The maximum Gasteiger partial charge on any atom is 0.433 e. The first-order chi connectivity index (χ1) is 8.30. The Bertz CT molecular complexity index is 469. The highest BCUT2D eigenvalue weighted by Gasteiger charge is 2.40.